The van der Waals surface area contributed by atoms with Gasteiger partial charge in [0.25, 0.3) is 0 Å². The Morgan fingerprint density at radius 3 is 2.64 bits per heavy atom. The summed E-state index contributed by atoms with van der Waals surface area (Å²) in [6, 6.07) is 4.71. The summed E-state index contributed by atoms with van der Waals surface area (Å²) in [6.07, 6.45) is 2.42. The molecule has 0 amide bonds. The fourth-order valence-corrected chi connectivity index (χ4v) is 1.87. The monoisotopic (exact) mass is 195 g/mol. The highest BCUT2D eigenvalue weighted by molar-refractivity contribution is 5.59. The first-order valence-electron chi connectivity index (χ1n) is 4.90. The van der Waals surface area contributed by atoms with Gasteiger partial charge in [0.05, 0.1) is 12.8 Å². The summed E-state index contributed by atoms with van der Waals surface area (Å²) in [6.45, 7) is 2.09. The van der Waals surface area contributed by atoms with E-state index in [1.165, 1.54) is 25.0 Å². The molecule has 0 saturated carbocycles. The zero-order valence-electron chi connectivity index (χ0n) is 8.29. The number of halogens is 1. The van der Waals surface area contributed by atoms with Crippen molar-refractivity contribution in [1.82, 2.24) is 0 Å². The van der Waals surface area contributed by atoms with Gasteiger partial charge in [-0.15, -0.1) is 0 Å². The normalized spacial score (nSPS) is 16.0. The van der Waals surface area contributed by atoms with Crippen molar-refractivity contribution in [3.05, 3.63) is 24.0 Å². The molecule has 1 aliphatic rings. The largest absolute Gasteiger partial charge is 0.494 e. The second-order valence-corrected chi connectivity index (χ2v) is 3.51. The first-order valence-corrected chi connectivity index (χ1v) is 4.90. The van der Waals surface area contributed by atoms with Gasteiger partial charge in [0.2, 0.25) is 0 Å². The van der Waals surface area contributed by atoms with Crippen LogP contribution in [0.2, 0.25) is 0 Å². The first kappa shape index (κ1) is 9.31. The van der Waals surface area contributed by atoms with Crippen LogP contribution < -0.4 is 9.64 Å². The van der Waals surface area contributed by atoms with E-state index in [-0.39, 0.29) is 5.82 Å². The average molecular weight is 195 g/mol. The molecule has 1 heterocycles. The van der Waals surface area contributed by atoms with Gasteiger partial charge in [0.15, 0.2) is 0 Å². The number of ether oxygens (including phenoxy) is 1. The van der Waals surface area contributed by atoms with E-state index >= 15 is 0 Å². The molecule has 0 unspecified atom stereocenters. The van der Waals surface area contributed by atoms with E-state index in [0.29, 0.717) is 5.75 Å². The summed E-state index contributed by atoms with van der Waals surface area (Å²) in [7, 11) is 1.58. The maximum Gasteiger partial charge on any atom is 0.145 e. The third kappa shape index (κ3) is 1.67. The minimum Gasteiger partial charge on any atom is -0.494 e. The third-order valence-electron chi connectivity index (χ3n) is 2.59. The zero-order valence-corrected chi connectivity index (χ0v) is 8.29. The van der Waals surface area contributed by atoms with Gasteiger partial charge < -0.3 is 9.64 Å². The summed E-state index contributed by atoms with van der Waals surface area (Å²) < 4.78 is 18.1. The highest BCUT2D eigenvalue weighted by Gasteiger charge is 2.16. The van der Waals surface area contributed by atoms with Gasteiger partial charge in [-0.05, 0) is 25.0 Å². The van der Waals surface area contributed by atoms with Gasteiger partial charge in [-0.25, -0.2) is 4.39 Å². The fraction of sp³-hybridized carbons (Fsp3) is 0.455. The molecule has 1 aromatic rings. The summed E-state index contributed by atoms with van der Waals surface area (Å²) in [5.41, 5.74) is 1.01. The second-order valence-electron chi connectivity index (χ2n) is 3.51. The maximum absolute atomic E-state index is 12.9. The van der Waals surface area contributed by atoms with E-state index in [9.17, 15) is 4.39 Å². The molecule has 0 bridgehead atoms. The second kappa shape index (κ2) is 3.86. The average Bonchev–Trinajstić information content (AvgIpc) is 2.70. The highest BCUT2D eigenvalue weighted by Crippen LogP contribution is 2.31. The van der Waals surface area contributed by atoms with Crippen molar-refractivity contribution in [1.29, 1.82) is 0 Å². The quantitative estimate of drug-likeness (QED) is 0.718. The molecule has 1 fully saturated rings. The van der Waals surface area contributed by atoms with Crippen LogP contribution >= 0.6 is 0 Å². The van der Waals surface area contributed by atoms with Crippen LogP contribution in [-0.2, 0) is 0 Å². The lowest BCUT2D eigenvalue weighted by atomic mass is 10.2. The topological polar surface area (TPSA) is 12.5 Å². The van der Waals surface area contributed by atoms with Crippen LogP contribution in [0.5, 0.6) is 5.75 Å². The Bertz CT molecular complexity index is 321. The third-order valence-corrected chi connectivity index (χ3v) is 2.59. The van der Waals surface area contributed by atoms with Crippen molar-refractivity contribution in [2.75, 3.05) is 25.1 Å². The molecule has 76 valence electrons. The van der Waals surface area contributed by atoms with E-state index in [4.69, 9.17) is 4.74 Å². The van der Waals surface area contributed by atoms with Gasteiger partial charge in [-0.1, -0.05) is 0 Å². The van der Waals surface area contributed by atoms with Crippen LogP contribution in [0, 0.1) is 5.82 Å². The van der Waals surface area contributed by atoms with Gasteiger partial charge in [0, 0.05) is 19.2 Å². The van der Waals surface area contributed by atoms with Gasteiger partial charge in [-0.2, -0.15) is 0 Å². The van der Waals surface area contributed by atoms with E-state index in [1.54, 1.807) is 13.2 Å². The Labute approximate surface area is 83.3 Å². The number of hydrogen-bond acceptors (Lipinski definition) is 2. The molecule has 0 aromatic heterocycles. The van der Waals surface area contributed by atoms with E-state index < -0.39 is 0 Å². The van der Waals surface area contributed by atoms with E-state index in [2.05, 4.69) is 4.90 Å². The molecule has 2 nitrogen and oxygen atoms in total. The number of methoxy groups -OCH3 is 1. The van der Waals surface area contributed by atoms with Crippen LogP contribution in [-0.4, -0.2) is 20.2 Å². The van der Waals surface area contributed by atoms with E-state index in [0.717, 1.165) is 18.8 Å². The standard InChI is InChI=1S/C11H14FNO/c1-14-11-8-9(12)4-5-10(11)13-6-2-3-7-13/h4-5,8H,2-3,6-7H2,1H3. The molecule has 3 heteroatoms. The molecule has 1 aromatic carbocycles. The summed E-state index contributed by atoms with van der Waals surface area (Å²) in [4.78, 5) is 2.23. The molecule has 0 radical (unpaired) electrons. The number of nitrogens with zero attached hydrogens (tertiary/aromatic N) is 1. The smallest absolute Gasteiger partial charge is 0.145 e. The predicted molar refractivity (Wildman–Crippen MR) is 54.4 cm³/mol. The highest BCUT2D eigenvalue weighted by atomic mass is 19.1. The van der Waals surface area contributed by atoms with Crippen molar-refractivity contribution in [2.45, 2.75) is 12.8 Å². The van der Waals surface area contributed by atoms with Gasteiger partial charge in [0.1, 0.15) is 11.6 Å². The molecule has 0 atom stereocenters. The summed E-state index contributed by atoms with van der Waals surface area (Å²) in [5, 5.41) is 0. The lowest BCUT2D eigenvalue weighted by Crippen LogP contribution is -2.18. The lowest BCUT2D eigenvalue weighted by Gasteiger charge is -2.20. The maximum atomic E-state index is 12.9. The Kier molecular flexibility index (Phi) is 2.57. The Hall–Kier alpha value is -1.25. The van der Waals surface area contributed by atoms with Crippen molar-refractivity contribution < 1.29 is 9.13 Å². The van der Waals surface area contributed by atoms with Crippen molar-refractivity contribution in [2.24, 2.45) is 0 Å². The Morgan fingerprint density at radius 2 is 2.00 bits per heavy atom. The zero-order chi connectivity index (χ0) is 9.97. The van der Waals surface area contributed by atoms with Crippen molar-refractivity contribution >= 4 is 5.69 Å². The van der Waals surface area contributed by atoms with Crippen molar-refractivity contribution in [3.63, 3.8) is 0 Å². The minimum absolute atomic E-state index is 0.246. The van der Waals surface area contributed by atoms with Crippen LogP contribution in [0.3, 0.4) is 0 Å². The molecule has 14 heavy (non-hydrogen) atoms. The molecular formula is C11H14FNO. The van der Waals surface area contributed by atoms with Gasteiger partial charge >= 0.3 is 0 Å². The Balaban J connectivity index is 2.31. The first-order chi connectivity index (χ1) is 6.81. The van der Waals surface area contributed by atoms with Crippen LogP contribution in [0.1, 0.15) is 12.8 Å². The van der Waals surface area contributed by atoms with Crippen molar-refractivity contribution in [3.8, 4) is 5.75 Å². The van der Waals surface area contributed by atoms with E-state index in [1.807, 2.05) is 0 Å². The number of anilines is 1. The van der Waals surface area contributed by atoms with Crippen LogP contribution in [0.15, 0.2) is 18.2 Å². The van der Waals surface area contributed by atoms with Crippen LogP contribution in [0.25, 0.3) is 0 Å². The minimum atomic E-state index is -0.246. The number of benzene rings is 1. The van der Waals surface area contributed by atoms with Crippen LogP contribution in [0.4, 0.5) is 10.1 Å². The fourth-order valence-electron chi connectivity index (χ4n) is 1.87. The molecule has 0 spiro atoms. The molecular weight excluding hydrogens is 181 g/mol. The number of rotatable bonds is 2. The molecule has 1 saturated heterocycles. The summed E-state index contributed by atoms with van der Waals surface area (Å²) in [5.74, 6) is 0.386. The Morgan fingerprint density at radius 1 is 1.29 bits per heavy atom. The molecule has 1 aliphatic heterocycles. The van der Waals surface area contributed by atoms with Gasteiger partial charge in [-0.3, -0.25) is 0 Å². The summed E-state index contributed by atoms with van der Waals surface area (Å²) >= 11 is 0. The predicted octanol–water partition coefficient (Wildman–Crippen LogP) is 2.43. The molecule has 0 aliphatic carbocycles. The lowest BCUT2D eigenvalue weighted by molar-refractivity contribution is 0.411. The SMILES string of the molecule is COc1cc(F)ccc1N1CCCC1. The molecule has 0 N–H and O–H groups in total. The number of hydrogen-bond donors (Lipinski definition) is 0. The molecule has 2 rings (SSSR count).